The van der Waals surface area contributed by atoms with E-state index in [1.165, 1.54) is 36.6 Å². The largest absolute Gasteiger partial charge is 0.436 e. The number of nitrogen functional groups attached to an aromatic ring is 1. The molecule has 1 aromatic rings. The van der Waals surface area contributed by atoms with Gasteiger partial charge >= 0.3 is 18.3 Å². The third-order valence-electron chi connectivity index (χ3n) is 12.0. The van der Waals surface area contributed by atoms with Crippen LogP contribution in [0, 0.1) is 11.8 Å². The number of urea groups is 1. The number of fused-ring (bicyclic) bond motifs is 1. The number of hydrogen-bond acceptors (Lipinski definition) is 6. The van der Waals surface area contributed by atoms with Crippen molar-refractivity contribution in [2.75, 3.05) is 58.1 Å². The minimum absolute atomic E-state index is 0.0134. The van der Waals surface area contributed by atoms with Crippen LogP contribution >= 0.6 is 11.6 Å². The van der Waals surface area contributed by atoms with Crippen molar-refractivity contribution in [2.24, 2.45) is 11.8 Å². The molecule has 0 spiro atoms. The van der Waals surface area contributed by atoms with Crippen molar-refractivity contribution < 1.29 is 32.3 Å². The molecule has 4 amide bonds. The van der Waals surface area contributed by atoms with Crippen LogP contribution in [-0.4, -0.2) is 108 Å². The van der Waals surface area contributed by atoms with Gasteiger partial charge in [0.1, 0.15) is 0 Å². The first-order valence-corrected chi connectivity index (χ1v) is 19.5. The smallest absolute Gasteiger partial charge is 0.418 e. The van der Waals surface area contributed by atoms with Crippen molar-refractivity contribution in [1.29, 1.82) is 0 Å². The molecule has 0 aromatic heterocycles. The minimum atomic E-state index is -4.75. The van der Waals surface area contributed by atoms with Gasteiger partial charge < -0.3 is 35.4 Å². The Balaban J connectivity index is 1.09. The number of ether oxygens (including phenoxy) is 1. The van der Waals surface area contributed by atoms with Crippen molar-refractivity contribution >= 4 is 35.3 Å². The van der Waals surface area contributed by atoms with E-state index in [1.807, 2.05) is 4.90 Å². The van der Waals surface area contributed by atoms with E-state index in [0.29, 0.717) is 57.4 Å². The van der Waals surface area contributed by atoms with Crippen LogP contribution in [0.2, 0.25) is 5.02 Å². The number of hydrogen-bond donors (Lipinski definition) is 2. The highest BCUT2D eigenvalue weighted by molar-refractivity contribution is 6.33. The van der Waals surface area contributed by atoms with Crippen LogP contribution in [0.4, 0.5) is 28.4 Å². The van der Waals surface area contributed by atoms with Crippen LogP contribution in [0.15, 0.2) is 12.1 Å². The summed E-state index contributed by atoms with van der Waals surface area (Å²) in [6.45, 7) is 5.71. The Hall–Kier alpha value is -2.93. The number of piperidine rings is 3. The maximum absolute atomic E-state index is 14.0. The number of amides is 4. The zero-order chi connectivity index (χ0) is 36.1. The van der Waals surface area contributed by atoms with Gasteiger partial charge in [-0.25, -0.2) is 9.59 Å². The van der Waals surface area contributed by atoms with Crippen molar-refractivity contribution in [3.05, 3.63) is 28.3 Å². The molecule has 5 aliphatic rings. The van der Waals surface area contributed by atoms with E-state index in [9.17, 15) is 27.6 Å². The van der Waals surface area contributed by atoms with Gasteiger partial charge in [-0.3, -0.25) is 4.79 Å². The van der Waals surface area contributed by atoms with Crippen LogP contribution < -0.4 is 11.1 Å². The molecule has 4 saturated heterocycles. The maximum Gasteiger partial charge on any atom is 0.418 e. The van der Waals surface area contributed by atoms with Gasteiger partial charge in [-0.1, -0.05) is 30.9 Å². The molecule has 2 unspecified atom stereocenters. The number of benzene rings is 1. The summed E-state index contributed by atoms with van der Waals surface area (Å²) in [4.78, 5) is 48.4. The lowest BCUT2D eigenvalue weighted by molar-refractivity contribution is -0.142. The van der Waals surface area contributed by atoms with Gasteiger partial charge in [0.2, 0.25) is 0 Å². The third kappa shape index (κ3) is 9.55. The van der Waals surface area contributed by atoms with Crippen LogP contribution in [-0.2, 0) is 22.1 Å². The molecule has 4 aliphatic heterocycles. The maximum atomic E-state index is 14.0. The fourth-order valence-corrected chi connectivity index (χ4v) is 9.15. The molecule has 1 saturated carbocycles. The predicted octanol–water partition coefficient (Wildman–Crippen LogP) is 6.54. The third-order valence-corrected chi connectivity index (χ3v) is 12.4. The summed E-state index contributed by atoms with van der Waals surface area (Å²) in [5.74, 6) is 0.571. The van der Waals surface area contributed by atoms with Crippen molar-refractivity contribution in [3.63, 3.8) is 0 Å². The molecule has 6 rings (SSSR count). The lowest BCUT2D eigenvalue weighted by Gasteiger charge is -2.38. The van der Waals surface area contributed by atoms with E-state index in [0.717, 1.165) is 70.6 Å². The van der Waals surface area contributed by atoms with Crippen LogP contribution in [0.5, 0.6) is 0 Å². The number of likely N-dealkylation sites (tertiary alicyclic amines) is 3. The Bertz CT molecular complexity index is 1380. The first kappa shape index (κ1) is 37.8. The highest BCUT2D eigenvalue weighted by Gasteiger charge is 2.39. The molecule has 1 aliphatic carbocycles. The molecule has 14 heteroatoms. The Morgan fingerprint density at radius 2 is 1.57 bits per heavy atom. The summed E-state index contributed by atoms with van der Waals surface area (Å²) in [5, 5.41) is 2.98. The Morgan fingerprint density at radius 3 is 2.27 bits per heavy atom. The molecule has 51 heavy (non-hydrogen) atoms. The second kappa shape index (κ2) is 16.8. The van der Waals surface area contributed by atoms with Crippen molar-refractivity contribution in [3.8, 4) is 0 Å². The van der Waals surface area contributed by atoms with Gasteiger partial charge in [0.25, 0.3) is 5.91 Å². The molecule has 3 N–H and O–H groups in total. The summed E-state index contributed by atoms with van der Waals surface area (Å²) in [6, 6.07) is 2.37. The molecule has 5 fully saturated rings. The zero-order valence-corrected chi connectivity index (χ0v) is 30.4. The quantitative estimate of drug-likeness (QED) is 0.293. The van der Waals surface area contributed by atoms with E-state index in [2.05, 4.69) is 10.2 Å². The molecular formula is C37H54ClF3N6O4. The highest BCUT2D eigenvalue weighted by Crippen LogP contribution is 2.38. The van der Waals surface area contributed by atoms with Gasteiger partial charge in [0.05, 0.1) is 16.3 Å². The molecule has 0 radical (unpaired) electrons. The van der Waals surface area contributed by atoms with Gasteiger partial charge in [-0.15, -0.1) is 0 Å². The van der Waals surface area contributed by atoms with E-state index >= 15 is 0 Å². The SMILES string of the molecule is Nc1c(Cl)cc(C[C@@H](OC(=O)N2CCC(N3CCC4CCCCC4NC3=O)CC2)C(=O)N2CCC(CCN3CCCCC3)CC2)cc1C(F)(F)F. The number of nitrogens with one attached hydrogen (secondary N) is 1. The first-order valence-electron chi connectivity index (χ1n) is 19.1. The minimum Gasteiger partial charge on any atom is -0.436 e. The van der Waals surface area contributed by atoms with E-state index < -0.39 is 35.5 Å². The van der Waals surface area contributed by atoms with E-state index in [4.69, 9.17) is 22.1 Å². The highest BCUT2D eigenvalue weighted by atomic mass is 35.5. The first-order chi connectivity index (χ1) is 24.5. The monoisotopic (exact) mass is 738 g/mol. The molecule has 4 heterocycles. The Labute approximate surface area is 304 Å². The number of alkyl halides is 3. The van der Waals surface area contributed by atoms with E-state index in [-0.39, 0.29) is 35.1 Å². The standard InChI is InChI=1S/C37H54ClF3N6O4/c38-30-23-26(22-29(33(30)42)37(39,40)41)24-32(34(48)45-17-9-25(10-18-45)8-16-44-14-4-1-5-15-44)51-36(50)46-19-12-28(13-20-46)47-21-11-27-6-2-3-7-31(27)43-35(47)49/h22-23,25,27-28,31-32H,1-21,24,42H2,(H,43,49)/t27?,31?,32-/m1/s1. The topological polar surface area (TPSA) is 111 Å². The number of nitrogens with zero attached hydrogens (tertiary/aromatic N) is 4. The number of carbonyl (C=O) groups excluding carboxylic acids is 3. The summed E-state index contributed by atoms with van der Waals surface area (Å²) >= 11 is 6.13. The fraction of sp³-hybridized carbons (Fsp3) is 0.757. The average Bonchev–Trinajstić information content (AvgIpc) is 3.29. The lowest BCUT2D eigenvalue weighted by atomic mass is 9.83. The lowest BCUT2D eigenvalue weighted by Crippen LogP contribution is -2.53. The molecular weight excluding hydrogens is 685 g/mol. The molecule has 0 bridgehead atoms. The molecule has 10 nitrogen and oxygen atoms in total. The second-order valence-corrected chi connectivity index (χ2v) is 15.8. The molecule has 3 atom stereocenters. The molecule has 284 valence electrons. The van der Waals surface area contributed by atoms with Crippen LogP contribution in [0.3, 0.4) is 0 Å². The van der Waals surface area contributed by atoms with Crippen LogP contribution in [0.1, 0.15) is 94.6 Å². The normalized spacial score (nSPS) is 25.2. The number of anilines is 1. The van der Waals surface area contributed by atoms with Gasteiger partial charge in [0, 0.05) is 51.2 Å². The number of halogens is 4. The van der Waals surface area contributed by atoms with Crippen molar-refractivity contribution in [1.82, 2.24) is 24.9 Å². The second-order valence-electron chi connectivity index (χ2n) is 15.4. The van der Waals surface area contributed by atoms with Gasteiger partial charge in [-0.2, -0.15) is 13.2 Å². The van der Waals surface area contributed by atoms with Gasteiger partial charge in [-0.05, 0) is 113 Å². The number of nitrogens with two attached hydrogens (primary N) is 1. The molecule has 1 aromatic carbocycles. The summed E-state index contributed by atoms with van der Waals surface area (Å²) in [5.41, 5.74) is 4.11. The predicted molar refractivity (Wildman–Crippen MR) is 189 cm³/mol. The Kier molecular flexibility index (Phi) is 12.5. The number of rotatable bonds is 8. The fourth-order valence-electron chi connectivity index (χ4n) is 8.91. The number of carbonyl (C=O) groups is 3. The van der Waals surface area contributed by atoms with Gasteiger partial charge in [0.15, 0.2) is 6.10 Å². The van der Waals surface area contributed by atoms with Crippen LogP contribution in [0.25, 0.3) is 0 Å². The summed E-state index contributed by atoms with van der Waals surface area (Å²) < 4.78 is 47.3. The zero-order valence-electron chi connectivity index (χ0n) is 29.6. The average molecular weight is 739 g/mol. The Morgan fingerprint density at radius 1 is 0.882 bits per heavy atom. The van der Waals surface area contributed by atoms with E-state index in [1.54, 1.807) is 4.90 Å². The summed E-state index contributed by atoms with van der Waals surface area (Å²) in [7, 11) is 0. The summed E-state index contributed by atoms with van der Waals surface area (Å²) in [6.07, 6.45) is 6.07. The van der Waals surface area contributed by atoms with Crippen molar-refractivity contribution in [2.45, 2.75) is 114 Å².